The summed E-state index contributed by atoms with van der Waals surface area (Å²) in [7, 11) is 0. The van der Waals surface area contributed by atoms with Gasteiger partial charge in [-0.05, 0) is 95.4 Å². The minimum atomic E-state index is 0.913. The van der Waals surface area contributed by atoms with Crippen molar-refractivity contribution >= 4 is 43.5 Å². The molecular weight excluding hydrogens is 617 g/mol. The summed E-state index contributed by atoms with van der Waals surface area (Å²) in [6.07, 6.45) is 0. The number of hydrogen-bond acceptors (Lipinski definition) is 1. The first-order valence-corrected chi connectivity index (χ1v) is 17.5. The maximum absolute atomic E-state index is 6.13. The van der Waals surface area contributed by atoms with Crippen LogP contribution in [-0.4, -0.2) is 0 Å². The molecule has 10 aromatic rings. The van der Waals surface area contributed by atoms with Gasteiger partial charge in [0.2, 0.25) is 0 Å². The third kappa shape index (κ3) is 4.86. The van der Waals surface area contributed by atoms with E-state index in [-0.39, 0.29) is 0 Å². The molecule has 0 spiro atoms. The van der Waals surface area contributed by atoms with Crippen molar-refractivity contribution in [3.63, 3.8) is 0 Å². The molecule has 0 fully saturated rings. The molecule has 0 amide bonds. The molecule has 0 aliphatic rings. The zero-order valence-electron chi connectivity index (χ0n) is 27.9. The van der Waals surface area contributed by atoms with Crippen LogP contribution in [0.3, 0.4) is 0 Å². The van der Waals surface area contributed by atoms with E-state index in [1.165, 1.54) is 77.2 Å². The minimum absolute atomic E-state index is 0.913. The zero-order valence-corrected chi connectivity index (χ0v) is 27.9. The van der Waals surface area contributed by atoms with Gasteiger partial charge in [-0.1, -0.05) is 176 Å². The summed E-state index contributed by atoms with van der Waals surface area (Å²) in [4.78, 5) is 0. The highest BCUT2D eigenvalue weighted by molar-refractivity contribution is 6.22. The summed E-state index contributed by atoms with van der Waals surface area (Å²) in [5.74, 6) is 0. The van der Waals surface area contributed by atoms with E-state index in [4.69, 9.17) is 4.42 Å². The number of furan rings is 1. The van der Waals surface area contributed by atoms with E-state index >= 15 is 0 Å². The van der Waals surface area contributed by atoms with Crippen molar-refractivity contribution in [1.82, 2.24) is 0 Å². The summed E-state index contributed by atoms with van der Waals surface area (Å²) in [6.45, 7) is 0. The van der Waals surface area contributed by atoms with Gasteiger partial charge in [0.25, 0.3) is 0 Å². The monoisotopic (exact) mass is 648 g/mol. The van der Waals surface area contributed by atoms with E-state index < -0.39 is 0 Å². The normalized spacial score (nSPS) is 11.5. The second-order valence-electron chi connectivity index (χ2n) is 13.2. The Morgan fingerprint density at radius 1 is 0.235 bits per heavy atom. The average molecular weight is 649 g/mol. The molecule has 0 radical (unpaired) electrons. The molecule has 51 heavy (non-hydrogen) atoms. The molecule has 0 atom stereocenters. The van der Waals surface area contributed by atoms with Gasteiger partial charge >= 0.3 is 0 Å². The van der Waals surface area contributed by atoms with Crippen molar-refractivity contribution in [1.29, 1.82) is 0 Å². The summed E-state index contributed by atoms with van der Waals surface area (Å²) >= 11 is 0. The third-order valence-corrected chi connectivity index (χ3v) is 10.3. The molecule has 0 unspecified atom stereocenters. The van der Waals surface area contributed by atoms with Gasteiger partial charge in [0.1, 0.15) is 11.2 Å². The van der Waals surface area contributed by atoms with E-state index in [0.29, 0.717) is 0 Å². The predicted molar refractivity (Wildman–Crippen MR) is 216 cm³/mol. The number of para-hydroxylation sites is 1. The van der Waals surface area contributed by atoms with Crippen LogP contribution < -0.4 is 0 Å². The molecular formula is C50H32O. The largest absolute Gasteiger partial charge is 0.456 e. The molecule has 0 bridgehead atoms. The number of hydrogen-bond donors (Lipinski definition) is 0. The van der Waals surface area contributed by atoms with Crippen LogP contribution in [0.5, 0.6) is 0 Å². The topological polar surface area (TPSA) is 13.1 Å². The molecule has 238 valence electrons. The first-order valence-electron chi connectivity index (χ1n) is 17.5. The fraction of sp³-hybridized carbons (Fsp3) is 0. The average Bonchev–Trinajstić information content (AvgIpc) is 3.58. The van der Waals surface area contributed by atoms with Crippen molar-refractivity contribution in [3.8, 4) is 55.6 Å². The van der Waals surface area contributed by atoms with E-state index in [1.54, 1.807) is 0 Å². The lowest BCUT2D eigenvalue weighted by molar-refractivity contribution is 0.669. The lowest BCUT2D eigenvalue weighted by atomic mass is 9.83. The molecule has 1 aromatic heterocycles. The third-order valence-electron chi connectivity index (χ3n) is 10.3. The van der Waals surface area contributed by atoms with Crippen LogP contribution in [0.15, 0.2) is 199 Å². The van der Waals surface area contributed by atoms with Gasteiger partial charge in [-0.25, -0.2) is 0 Å². The molecule has 10 rings (SSSR count). The van der Waals surface area contributed by atoms with Crippen LogP contribution in [0, 0.1) is 0 Å². The number of benzene rings is 9. The van der Waals surface area contributed by atoms with Crippen LogP contribution >= 0.6 is 0 Å². The van der Waals surface area contributed by atoms with Crippen LogP contribution in [0.25, 0.3) is 99.1 Å². The Labute approximate surface area is 296 Å². The van der Waals surface area contributed by atoms with Crippen LogP contribution in [0.4, 0.5) is 0 Å². The lowest BCUT2D eigenvalue weighted by Gasteiger charge is -2.20. The minimum Gasteiger partial charge on any atom is -0.456 e. The molecule has 1 heterocycles. The summed E-state index contributed by atoms with van der Waals surface area (Å²) in [5, 5.41) is 7.30. The van der Waals surface area contributed by atoms with E-state index in [9.17, 15) is 0 Å². The zero-order chi connectivity index (χ0) is 33.7. The summed E-state index contributed by atoms with van der Waals surface area (Å²) in [6, 6.07) is 70.0. The second kappa shape index (κ2) is 12.0. The molecule has 0 aliphatic carbocycles. The smallest absolute Gasteiger partial charge is 0.135 e. The maximum atomic E-state index is 6.13. The number of rotatable bonds is 5. The molecule has 0 aliphatic heterocycles. The van der Waals surface area contributed by atoms with Crippen LogP contribution in [0.2, 0.25) is 0 Å². The lowest BCUT2D eigenvalue weighted by Crippen LogP contribution is -1.92. The Bertz CT molecular complexity index is 2840. The second-order valence-corrected chi connectivity index (χ2v) is 13.2. The van der Waals surface area contributed by atoms with Crippen molar-refractivity contribution in [2.24, 2.45) is 0 Å². The van der Waals surface area contributed by atoms with Crippen molar-refractivity contribution in [2.45, 2.75) is 0 Å². The highest BCUT2D eigenvalue weighted by atomic mass is 16.3. The Morgan fingerprint density at radius 3 is 1.29 bits per heavy atom. The standard InChI is InChI=1S/C50H32O/c1-2-14-33(15-3-1)38-17-6-7-20-41(38)50-44-23-10-8-21-42(44)49(43-22-9-11-24-45(43)50)35-28-26-34(27-29-35)37-16-4-5-18-39(37)36-30-31-48-46(32-36)40-19-12-13-25-47(40)51-48/h1-32H. The van der Waals surface area contributed by atoms with Crippen LogP contribution in [0.1, 0.15) is 0 Å². The molecule has 0 N–H and O–H groups in total. The quantitative estimate of drug-likeness (QED) is 0.169. The Balaban J connectivity index is 1.12. The summed E-state index contributed by atoms with van der Waals surface area (Å²) < 4.78 is 6.13. The van der Waals surface area contributed by atoms with E-state index in [1.807, 2.05) is 12.1 Å². The van der Waals surface area contributed by atoms with Gasteiger partial charge in [0.15, 0.2) is 0 Å². The van der Waals surface area contributed by atoms with Gasteiger partial charge in [0, 0.05) is 10.8 Å². The van der Waals surface area contributed by atoms with Gasteiger partial charge in [-0.3, -0.25) is 0 Å². The SMILES string of the molecule is c1ccc(-c2ccccc2-c2c3ccccc3c(-c3ccc(-c4ccccc4-c4ccc5oc6ccccc6c5c4)cc3)c3ccccc23)cc1. The first kappa shape index (κ1) is 29.2. The van der Waals surface area contributed by atoms with Gasteiger partial charge in [-0.15, -0.1) is 0 Å². The molecule has 1 nitrogen and oxygen atoms in total. The van der Waals surface area contributed by atoms with Gasteiger partial charge in [0.05, 0.1) is 0 Å². The number of fused-ring (bicyclic) bond motifs is 5. The van der Waals surface area contributed by atoms with Crippen molar-refractivity contribution in [3.05, 3.63) is 194 Å². The molecule has 9 aromatic carbocycles. The van der Waals surface area contributed by atoms with Crippen molar-refractivity contribution in [2.75, 3.05) is 0 Å². The molecule has 0 saturated heterocycles. The molecule has 0 saturated carbocycles. The highest BCUT2D eigenvalue weighted by Crippen LogP contribution is 2.46. The fourth-order valence-electron chi connectivity index (χ4n) is 8.00. The van der Waals surface area contributed by atoms with Gasteiger partial charge < -0.3 is 4.42 Å². The van der Waals surface area contributed by atoms with E-state index in [0.717, 1.165) is 21.9 Å². The van der Waals surface area contributed by atoms with Crippen molar-refractivity contribution < 1.29 is 4.42 Å². The maximum Gasteiger partial charge on any atom is 0.135 e. The highest BCUT2D eigenvalue weighted by Gasteiger charge is 2.19. The fourth-order valence-corrected chi connectivity index (χ4v) is 8.00. The predicted octanol–water partition coefficient (Wildman–Crippen LogP) is 14.2. The van der Waals surface area contributed by atoms with E-state index in [2.05, 4.69) is 182 Å². The Morgan fingerprint density at radius 2 is 0.647 bits per heavy atom. The molecule has 1 heteroatoms. The van der Waals surface area contributed by atoms with Crippen LogP contribution in [-0.2, 0) is 0 Å². The Hall–Kier alpha value is -6.70. The summed E-state index contributed by atoms with van der Waals surface area (Å²) in [5.41, 5.74) is 14.1. The van der Waals surface area contributed by atoms with Gasteiger partial charge in [-0.2, -0.15) is 0 Å². The Kier molecular flexibility index (Phi) is 6.89. The first-order chi connectivity index (χ1) is 25.3.